The van der Waals surface area contributed by atoms with Gasteiger partial charge in [-0.2, -0.15) is 0 Å². The van der Waals surface area contributed by atoms with Crippen molar-refractivity contribution in [3.8, 4) is 11.1 Å². The van der Waals surface area contributed by atoms with Gasteiger partial charge < -0.3 is 4.74 Å². The summed E-state index contributed by atoms with van der Waals surface area (Å²) in [6.07, 6.45) is 1.30. The molecule has 2 aromatic carbocycles. The molecular weight excluding hydrogens is 256 g/mol. The Morgan fingerprint density at radius 3 is 2.43 bits per heavy atom. The van der Waals surface area contributed by atoms with Crippen molar-refractivity contribution in [2.75, 3.05) is 6.61 Å². The summed E-state index contributed by atoms with van der Waals surface area (Å²) in [5.41, 5.74) is 5.72. The highest BCUT2D eigenvalue weighted by Crippen LogP contribution is 2.51. The maximum absolute atomic E-state index is 5.95. The number of ether oxygens (including phenoxy) is 1. The second kappa shape index (κ2) is 5.65. The van der Waals surface area contributed by atoms with Gasteiger partial charge in [0.05, 0.1) is 13.2 Å². The molecule has 0 amide bonds. The van der Waals surface area contributed by atoms with E-state index in [1.54, 1.807) is 0 Å². The van der Waals surface area contributed by atoms with Crippen LogP contribution < -0.4 is 0 Å². The van der Waals surface area contributed by atoms with E-state index in [9.17, 15) is 0 Å². The molecule has 0 spiro atoms. The third-order valence-electron chi connectivity index (χ3n) is 4.82. The van der Waals surface area contributed by atoms with E-state index in [4.69, 9.17) is 4.74 Å². The van der Waals surface area contributed by atoms with Crippen molar-refractivity contribution in [3.05, 3.63) is 59.7 Å². The number of rotatable bonds is 5. The average Bonchev–Trinajstić information content (AvgIpc) is 3.09. The Labute approximate surface area is 128 Å². The van der Waals surface area contributed by atoms with Crippen molar-refractivity contribution in [1.29, 1.82) is 0 Å². The smallest absolute Gasteiger partial charge is 0.0719 e. The van der Waals surface area contributed by atoms with Crippen LogP contribution in [0.5, 0.6) is 0 Å². The lowest BCUT2D eigenvalue weighted by atomic mass is 9.97. The normalized spacial score (nSPS) is 19.5. The molecule has 3 rings (SSSR count). The first-order valence-corrected chi connectivity index (χ1v) is 7.79. The molecular formula is C20H24O. The van der Waals surface area contributed by atoms with Crippen molar-refractivity contribution < 1.29 is 4.74 Å². The van der Waals surface area contributed by atoms with Gasteiger partial charge in [0.2, 0.25) is 0 Å². The maximum Gasteiger partial charge on any atom is 0.0719 e. The second-order valence-corrected chi connectivity index (χ2v) is 6.86. The van der Waals surface area contributed by atoms with E-state index >= 15 is 0 Å². The van der Waals surface area contributed by atoms with E-state index in [-0.39, 0.29) is 0 Å². The molecule has 0 heterocycles. The first-order valence-electron chi connectivity index (χ1n) is 7.79. The summed E-state index contributed by atoms with van der Waals surface area (Å²) in [5, 5.41) is 0. The SMILES string of the molecule is Cc1c(COCC2CC2(C)C)cccc1-c1ccccc1. The number of hydrogen-bond acceptors (Lipinski definition) is 1. The molecule has 0 radical (unpaired) electrons. The van der Waals surface area contributed by atoms with Crippen LogP contribution in [0.2, 0.25) is 0 Å². The van der Waals surface area contributed by atoms with Crippen LogP contribution in [0.15, 0.2) is 48.5 Å². The highest BCUT2D eigenvalue weighted by atomic mass is 16.5. The molecule has 2 aromatic rings. The van der Waals surface area contributed by atoms with E-state index in [1.807, 2.05) is 0 Å². The van der Waals surface area contributed by atoms with Crippen LogP contribution >= 0.6 is 0 Å². The summed E-state index contributed by atoms with van der Waals surface area (Å²) >= 11 is 0. The molecule has 0 aliphatic heterocycles. The van der Waals surface area contributed by atoms with E-state index in [0.29, 0.717) is 5.41 Å². The molecule has 0 N–H and O–H groups in total. The van der Waals surface area contributed by atoms with Crippen LogP contribution in [0, 0.1) is 18.3 Å². The molecule has 0 aromatic heterocycles. The van der Waals surface area contributed by atoms with Gasteiger partial charge in [-0.05, 0) is 46.9 Å². The first kappa shape index (κ1) is 14.3. The highest BCUT2D eigenvalue weighted by Gasteiger charge is 2.45. The van der Waals surface area contributed by atoms with Crippen LogP contribution in [0.3, 0.4) is 0 Å². The molecule has 1 fully saturated rings. The van der Waals surface area contributed by atoms with Crippen molar-refractivity contribution in [2.45, 2.75) is 33.8 Å². The standard InChI is InChI=1S/C20H24O/c1-15-17(13-21-14-18-12-20(18,2)3)10-7-11-19(15)16-8-5-4-6-9-16/h4-11,18H,12-14H2,1-3H3. The van der Waals surface area contributed by atoms with E-state index in [2.05, 4.69) is 69.3 Å². The van der Waals surface area contributed by atoms with E-state index in [0.717, 1.165) is 19.1 Å². The zero-order chi connectivity index (χ0) is 14.9. The van der Waals surface area contributed by atoms with Gasteiger partial charge in [0.25, 0.3) is 0 Å². The molecule has 1 aliphatic carbocycles. The lowest BCUT2D eigenvalue weighted by Crippen LogP contribution is -2.03. The molecule has 1 nitrogen and oxygen atoms in total. The topological polar surface area (TPSA) is 9.23 Å². The zero-order valence-electron chi connectivity index (χ0n) is 13.2. The molecule has 1 saturated carbocycles. The largest absolute Gasteiger partial charge is 0.376 e. The maximum atomic E-state index is 5.95. The van der Waals surface area contributed by atoms with Gasteiger partial charge in [0.15, 0.2) is 0 Å². The third kappa shape index (κ3) is 3.19. The van der Waals surface area contributed by atoms with Gasteiger partial charge in [-0.25, -0.2) is 0 Å². The third-order valence-corrected chi connectivity index (χ3v) is 4.82. The van der Waals surface area contributed by atoms with E-state index < -0.39 is 0 Å². The summed E-state index contributed by atoms with van der Waals surface area (Å²) in [7, 11) is 0. The highest BCUT2D eigenvalue weighted by molar-refractivity contribution is 5.68. The fourth-order valence-corrected chi connectivity index (χ4v) is 2.94. The summed E-state index contributed by atoms with van der Waals surface area (Å²) < 4.78 is 5.95. The zero-order valence-corrected chi connectivity index (χ0v) is 13.2. The van der Waals surface area contributed by atoms with Crippen LogP contribution in [0.25, 0.3) is 11.1 Å². The van der Waals surface area contributed by atoms with Gasteiger partial charge in [0, 0.05) is 0 Å². The fourth-order valence-electron chi connectivity index (χ4n) is 2.94. The van der Waals surface area contributed by atoms with Crippen molar-refractivity contribution in [2.24, 2.45) is 11.3 Å². The summed E-state index contributed by atoms with van der Waals surface area (Å²) in [6, 6.07) is 17.1. The van der Waals surface area contributed by atoms with Gasteiger partial charge in [-0.15, -0.1) is 0 Å². The lowest BCUT2D eigenvalue weighted by Gasteiger charge is -2.12. The van der Waals surface area contributed by atoms with E-state index in [1.165, 1.54) is 28.7 Å². The molecule has 110 valence electrons. The predicted molar refractivity (Wildman–Crippen MR) is 88.2 cm³/mol. The minimum absolute atomic E-state index is 0.501. The Bertz CT molecular complexity index is 613. The second-order valence-electron chi connectivity index (χ2n) is 6.86. The lowest BCUT2D eigenvalue weighted by molar-refractivity contribution is 0.103. The van der Waals surface area contributed by atoms with Crippen molar-refractivity contribution in [1.82, 2.24) is 0 Å². The molecule has 1 unspecified atom stereocenters. The first-order chi connectivity index (χ1) is 10.1. The predicted octanol–water partition coefficient (Wildman–Crippen LogP) is 5.22. The van der Waals surface area contributed by atoms with Gasteiger partial charge in [0.1, 0.15) is 0 Å². The molecule has 0 bridgehead atoms. The molecule has 1 atom stereocenters. The van der Waals surface area contributed by atoms with Crippen molar-refractivity contribution >= 4 is 0 Å². The quantitative estimate of drug-likeness (QED) is 0.729. The minimum Gasteiger partial charge on any atom is -0.376 e. The summed E-state index contributed by atoms with van der Waals surface area (Å²) in [4.78, 5) is 0. The molecule has 21 heavy (non-hydrogen) atoms. The molecule has 1 heteroatoms. The fraction of sp³-hybridized carbons (Fsp3) is 0.400. The van der Waals surface area contributed by atoms with Gasteiger partial charge in [-0.3, -0.25) is 0 Å². The number of benzene rings is 2. The minimum atomic E-state index is 0.501. The average molecular weight is 280 g/mol. The Morgan fingerprint density at radius 1 is 1.05 bits per heavy atom. The van der Waals surface area contributed by atoms with Gasteiger partial charge in [-0.1, -0.05) is 62.4 Å². The van der Waals surface area contributed by atoms with Crippen LogP contribution in [-0.2, 0) is 11.3 Å². The number of hydrogen-bond donors (Lipinski definition) is 0. The van der Waals surface area contributed by atoms with Crippen LogP contribution in [-0.4, -0.2) is 6.61 Å². The Balaban J connectivity index is 1.69. The van der Waals surface area contributed by atoms with Gasteiger partial charge >= 0.3 is 0 Å². The van der Waals surface area contributed by atoms with Crippen LogP contribution in [0.4, 0.5) is 0 Å². The van der Waals surface area contributed by atoms with Crippen LogP contribution in [0.1, 0.15) is 31.4 Å². The monoisotopic (exact) mass is 280 g/mol. The Kier molecular flexibility index (Phi) is 3.86. The summed E-state index contributed by atoms with van der Waals surface area (Å²) in [5.74, 6) is 0.745. The molecule has 1 aliphatic rings. The Hall–Kier alpha value is -1.60. The molecule has 0 saturated heterocycles. The summed E-state index contributed by atoms with van der Waals surface area (Å²) in [6.45, 7) is 8.45. The van der Waals surface area contributed by atoms with Crippen molar-refractivity contribution in [3.63, 3.8) is 0 Å². The Morgan fingerprint density at radius 2 is 1.76 bits per heavy atom.